The zero-order chi connectivity index (χ0) is 23.1. The quantitative estimate of drug-likeness (QED) is 0.793. The van der Waals surface area contributed by atoms with Crippen LogP contribution in [0, 0.1) is 0 Å². The molecule has 4 rings (SSSR count). The molecular formula is C25H29N3O4. The van der Waals surface area contributed by atoms with Crippen molar-refractivity contribution in [2.75, 3.05) is 25.1 Å². The Balaban J connectivity index is 1.46. The summed E-state index contributed by atoms with van der Waals surface area (Å²) in [6.07, 6.45) is 0. The van der Waals surface area contributed by atoms with E-state index in [4.69, 9.17) is 9.47 Å². The number of rotatable bonds is 4. The molecule has 2 amide bonds. The Morgan fingerprint density at radius 2 is 1.72 bits per heavy atom. The highest BCUT2D eigenvalue weighted by atomic mass is 16.6. The van der Waals surface area contributed by atoms with Crippen LogP contribution in [0.25, 0.3) is 0 Å². The van der Waals surface area contributed by atoms with Gasteiger partial charge in [0.15, 0.2) is 11.5 Å². The molecule has 168 valence electrons. The molecule has 0 aliphatic carbocycles. The van der Waals surface area contributed by atoms with Gasteiger partial charge in [0.1, 0.15) is 31.1 Å². The van der Waals surface area contributed by atoms with Gasteiger partial charge in [0.05, 0.1) is 0 Å². The van der Waals surface area contributed by atoms with Gasteiger partial charge >= 0.3 is 0 Å². The molecule has 32 heavy (non-hydrogen) atoms. The Kier molecular flexibility index (Phi) is 5.44. The molecular weight excluding hydrogens is 406 g/mol. The molecule has 0 bridgehead atoms. The van der Waals surface area contributed by atoms with E-state index in [-0.39, 0.29) is 23.8 Å². The average molecular weight is 436 g/mol. The summed E-state index contributed by atoms with van der Waals surface area (Å²) in [5.41, 5.74) is 2.11. The number of ether oxygens (including phenoxy) is 2. The first-order valence-electron chi connectivity index (χ1n) is 10.8. The lowest BCUT2D eigenvalue weighted by atomic mass is 9.86. The number of nitrogens with one attached hydrogen (secondary N) is 1. The molecule has 0 spiro atoms. The van der Waals surface area contributed by atoms with Gasteiger partial charge in [0.25, 0.3) is 5.91 Å². The number of amides is 2. The van der Waals surface area contributed by atoms with Gasteiger partial charge in [-0.25, -0.2) is 0 Å². The van der Waals surface area contributed by atoms with Crippen LogP contribution in [0.5, 0.6) is 11.5 Å². The van der Waals surface area contributed by atoms with Gasteiger partial charge in [0.2, 0.25) is 5.91 Å². The van der Waals surface area contributed by atoms with E-state index in [2.05, 4.69) is 31.1 Å². The van der Waals surface area contributed by atoms with Crippen molar-refractivity contribution in [3.8, 4) is 11.5 Å². The van der Waals surface area contributed by atoms with Crippen LogP contribution in [-0.2, 0) is 15.0 Å². The Bertz CT molecular complexity index is 1080. The SMILES string of the molecule is CC(C)(C)c1ccc(C2=NC(C)(C)N(CC(=O)Nc3ccc4c(c3)OCCO4)C2=O)cc1. The molecule has 0 saturated heterocycles. The van der Waals surface area contributed by atoms with E-state index in [0.717, 1.165) is 5.56 Å². The third-order valence-electron chi connectivity index (χ3n) is 5.65. The average Bonchev–Trinajstić information content (AvgIpc) is 2.96. The second-order valence-electron chi connectivity index (χ2n) is 9.58. The van der Waals surface area contributed by atoms with Crippen LogP contribution < -0.4 is 14.8 Å². The van der Waals surface area contributed by atoms with E-state index in [1.165, 1.54) is 10.5 Å². The van der Waals surface area contributed by atoms with Gasteiger partial charge < -0.3 is 19.7 Å². The monoisotopic (exact) mass is 435 g/mol. The second kappa shape index (κ2) is 7.97. The van der Waals surface area contributed by atoms with Crippen LogP contribution in [0.3, 0.4) is 0 Å². The predicted octanol–water partition coefficient (Wildman–Crippen LogP) is 3.76. The molecule has 1 N–H and O–H groups in total. The standard InChI is InChI=1S/C25H29N3O4/c1-24(2,3)17-8-6-16(7-9-17)22-23(30)28(25(4,5)27-22)15-21(29)26-18-10-11-19-20(14-18)32-13-12-31-19/h6-11,14H,12-13,15H2,1-5H3,(H,26,29). The van der Waals surface area contributed by atoms with Gasteiger partial charge in [-0.15, -0.1) is 0 Å². The van der Waals surface area contributed by atoms with Crippen molar-refractivity contribution in [3.05, 3.63) is 53.6 Å². The van der Waals surface area contributed by atoms with E-state index < -0.39 is 5.66 Å². The predicted molar refractivity (Wildman–Crippen MR) is 124 cm³/mol. The van der Waals surface area contributed by atoms with E-state index in [1.54, 1.807) is 18.2 Å². The molecule has 0 unspecified atom stereocenters. The topological polar surface area (TPSA) is 80.2 Å². The number of carbonyl (C=O) groups excluding carboxylic acids is 2. The lowest BCUT2D eigenvalue weighted by molar-refractivity contribution is -0.131. The normalized spacial score (nSPS) is 17.2. The summed E-state index contributed by atoms with van der Waals surface area (Å²) in [6, 6.07) is 13.1. The number of carbonyl (C=O) groups is 2. The molecule has 2 aliphatic heterocycles. The Labute approximate surface area is 188 Å². The highest BCUT2D eigenvalue weighted by molar-refractivity contribution is 6.47. The Hall–Kier alpha value is -3.35. The van der Waals surface area contributed by atoms with Crippen LogP contribution in [0.4, 0.5) is 5.69 Å². The Morgan fingerprint density at radius 1 is 1.06 bits per heavy atom. The maximum atomic E-state index is 13.2. The lowest BCUT2D eigenvalue weighted by Crippen LogP contribution is -2.46. The summed E-state index contributed by atoms with van der Waals surface area (Å²) in [6.45, 7) is 11.0. The largest absolute Gasteiger partial charge is 0.486 e. The van der Waals surface area contributed by atoms with Crippen molar-refractivity contribution < 1.29 is 19.1 Å². The summed E-state index contributed by atoms with van der Waals surface area (Å²) in [5.74, 6) is 0.690. The highest BCUT2D eigenvalue weighted by Gasteiger charge is 2.41. The van der Waals surface area contributed by atoms with E-state index in [0.29, 0.717) is 36.1 Å². The Morgan fingerprint density at radius 3 is 2.38 bits per heavy atom. The maximum absolute atomic E-state index is 13.2. The van der Waals surface area contributed by atoms with Crippen molar-refractivity contribution in [3.63, 3.8) is 0 Å². The van der Waals surface area contributed by atoms with E-state index in [9.17, 15) is 9.59 Å². The van der Waals surface area contributed by atoms with Gasteiger partial charge in [-0.05, 0) is 37.0 Å². The molecule has 0 fully saturated rings. The first-order chi connectivity index (χ1) is 15.0. The van der Waals surface area contributed by atoms with Crippen LogP contribution >= 0.6 is 0 Å². The van der Waals surface area contributed by atoms with Crippen LogP contribution in [-0.4, -0.2) is 47.8 Å². The fourth-order valence-corrected chi connectivity index (χ4v) is 3.80. The van der Waals surface area contributed by atoms with Crippen molar-refractivity contribution in [1.29, 1.82) is 0 Å². The molecule has 7 nitrogen and oxygen atoms in total. The number of nitrogens with zero attached hydrogens (tertiary/aromatic N) is 2. The number of fused-ring (bicyclic) bond motifs is 1. The molecule has 0 aromatic heterocycles. The van der Waals surface area contributed by atoms with Crippen LogP contribution in [0.1, 0.15) is 45.7 Å². The van der Waals surface area contributed by atoms with Crippen molar-refractivity contribution in [2.45, 2.75) is 45.7 Å². The fraction of sp³-hybridized carbons (Fsp3) is 0.400. The van der Waals surface area contributed by atoms with Gasteiger partial charge in [0, 0.05) is 17.3 Å². The van der Waals surface area contributed by atoms with E-state index >= 15 is 0 Å². The van der Waals surface area contributed by atoms with Crippen molar-refractivity contribution in [1.82, 2.24) is 4.90 Å². The fourth-order valence-electron chi connectivity index (χ4n) is 3.80. The summed E-state index contributed by atoms with van der Waals surface area (Å²) >= 11 is 0. The highest BCUT2D eigenvalue weighted by Crippen LogP contribution is 2.33. The zero-order valence-corrected chi connectivity index (χ0v) is 19.2. The third kappa shape index (κ3) is 4.33. The number of hydrogen-bond donors (Lipinski definition) is 1. The summed E-state index contributed by atoms with van der Waals surface area (Å²) in [5, 5.41) is 2.84. The zero-order valence-electron chi connectivity index (χ0n) is 19.2. The first-order valence-corrected chi connectivity index (χ1v) is 10.8. The molecule has 0 atom stereocenters. The summed E-state index contributed by atoms with van der Waals surface area (Å²) in [7, 11) is 0. The smallest absolute Gasteiger partial charge is 0.275 e. The van der Waals surface area contributed by atoms with Gasteiger partial charge in [-0.3, -0.25) is 14.6 Å². The molecule has 0 radical (unpaired) electrons. The summed E-state index contributed by atoms with van der Waals surface area (Å²) < 4.78 is 11.1. The minimum atomic E-state index is -0.820. The van der Waals surface area contributed by atoms with Crippen molar-refractivity contribution in [2.24, 2.45) is 4.99 Å². The minimum absolute atomic E-state index is 0.0251. The van der Waals surface area contributed by atoms with Gasteiger partial charge in [-0.1, -0.05) is 45.0 Å². The van der Waals surface area contributed by atoms with E-state index in [1.807, 2.05) is 38.1 Å². The number of benzene rings is 2. The molecule has 7 heteroatoms. The molecule has 2 aromatic rings. The summed E-state index contributed by atoms with van der Waals surface area (Å²) in [4.78, 5) is 32.0. The third-order valence-corrected chi connectivity index (χ3v) is 5.65. The van der Waals surface area contributed by atoms with Crippen LogP contribution in [0.2, 0.25) is 0 Å². The molecule has 0 saturated carbocycles. The number of hydrogen-bond acceptors (Lipinski definition) is 5. The minimum Gasteiger partial charge on any atom is -0.486 e. The number of aliphatic imine (C=N–C) groups is 1. The second-order valence-corrected chi connectivity index (χ2v) is 9.58. The number of anilines is 1. The molecule has 2 aromatic carbocycles. The van der Waals surface area contributed by atoms with Gasteiger partial charge in [-0.2, -0.15) is 0 Å². The maximum Gasteiger partial charge on any atom is 0.275 e. The lowest BCUT2D eigenvalue weighted by Gasteiger charge is -2.28. The van der Waals surface area contributed by atoms with Crippen molar-refractivity contribution >= 4 is 23.2 Å². The van der Waals surface area contributed by atoms with Crippen LogP contribution in [0.15, 0.2) is 47.5 Å². The first kappa shape index (κ1) is 21.9. The molecule has 2 heterocycles. The molecule has 2 aliphatic rings.